The van der Waals surface area contributed by atoms with Crippen molar-refractivity contribution in [3.63, 3.8) is 0 Å². The van der Waals surface area contributed by atoms with Gasteiger partial charge in [0.05, 0.1) is 11.3 Å². The highest BCUT2D eigenvalue weighted by Gasteiger charge is 2.22. The van der Waals surface area contributed by atoms with Crippen LogP contribution in [0.2, 0.25) is 0 Å². The number of halogens is 1. The maximum Gasteiger partial charge on any atom is 0.255 e. The zero-order chi connectivity index (χ0) is 18.6. The molecule has 1 saturated heterocycles. The van der Waals surface area contributed by atoms with Gasteiger partial charge >= 0.3 is 0 Å². The average molecular weight is 443 g/mol. The SMILES string of the molecule is O=C(c1cccnc1)N1CCN(Cc2csc(-c3cccc(Br)c3)n2)CC1. The largest absolute Gasteiger partial charge is 0.336 e. The van der Waals surface area contributed by atoms with Crippen LogP contribution >= 0.6 is 27.3 Å². The zero-order valence-corrected chi connectivity index (χ0v) is 17.1. The fourth-order valence-corrected chi connectivity index (χ4v) is 4.35. The summed E-state index contributed by atoms with van der Waals surface area (Å²) in [5.74, 6) is 0.0633. The Kier molecular flexibility index (Phi) is 5.61. The predicted octanol–water partition coefficient (Wildman–Crippen LogP) is 3.93. The van der Waals surface area contributed by atoms with Crippen molar-refractivity contribution in [2.24, 2.45) is 0 Å². The second-order valence-corrected chi connectivity index (χ2v) is 8.24. The first-order valence-electron chi connectivity index (χ1n) is 8.81. The first kappa shape index (κ1) is 18.3. The van der Waals surface area contributed by atoms with E-state index in [4.69, 9.17) is 4.98 Å². The minimum Gasteiger partial charge on any atom is -0.336 e. The molecule has 7 heteroatoms. The first-order chi connectivity index (χ1) is 13.2. The number of aromatic nitrogens is 2. The Balaban J connectivity index is 1.34. The van der Waals surface area contributed by atoms with Crippen LogP contribution in [0, 0.1) is 0 Å². The van der Waals surface area contributed by atoms with Crippen molar-refractivity contribution in [1.29, 1.82) is 0 Å². The Morgan fingerprint density at radius 2 is 2.00 bits per heavy atom. The molecule has 1 amide bonds. The lowest BCUT2D eigenvalue weighted by Gasteiger charge is -2.34. The average Bonchev–Trinajstić information content (AvgIpc) is 3.17. The molecule has 1 aliphatic rings. The maximum absolute atomic E-state index is 12.5. The highest BCUT2D eigenvalue weighted by molar-refractivity contribution is 9.10. The number of piperazine rings is 1. The minimum atomic E-state index is 0.0633. The number of carbonyl (C=O) groups is 1. The van der Waals surface area contributed by atoms with Crippen molar-refractivity contribution in [2.45, 2.75) is 6.54 Å². The van der Waals surface area contributed by atoms with E-state index in [0.717, 1.165) is 53.5 Å². The molecule has 4 rings (SSSR count). The van der Waals surface area contributed by atoms with Crippen LogP contribution in [-0.4, -0.2) is 51.9 Å². The van der Waals surface area contributed by atoms with Crippen LogP contribution in [0.5, 0.6) is 0 Å². The van der Waals surface area contributed by atoms with E-state index in [1.54, 1.807) is 29.8 Å². The summed E-state index contributed by atoms with van der Waals surface area (Å²) in [5.41, 5.74) is 2.87. The van der Waals surface area contributed by atoms with E-state index in [-0.39, 0.29) is 5.91 Å². The van der Waals surface area contributed by atoms with E-state index in [0.29, 0.717) is 5.56 Å². The van der Waals surface area contributed by atoms with Gasteiger partial charge in [0.25, 0.3) is 5.91 Å². The van der Waals surface area contributed by atoms with Gasteiger partial charge in [0.2, 0.25) is 0 Å². The third kappa shape index (κ3) is 4.43. The van der Waals surface area contributed by atoms with Gasteiger partial charge in [0.1, 0.15) is 5.01 Å². The number of pyridine rings is 1. The van der Waals surface area contributed by atoms with Crippen molar-refractivity contribution in [3.05, 3.63) is 69.9 Å². The summed E-state index contributed by atoms with van der Waals surface area (Å²) in [7, 11) is 0. The van der Waals surface area contributed by atoms with Crippen LogP contribution in [-0.2, 0) is 6.54 Å². The standard InChI is InChI=1S/C20H19BrN4OS/c21-17-5-1-3-15(11-17)19-23-18(14-27-19)13-24-7-9-25(10-8-24)20(26)16-4-2-6-22-12-16/h1-6,11-12,14H,7-10,13H2. The Hall–Kier alpha value is -2.09. The Labute approximate surface area is 170 Å². The molecule has 0 unspecified atom stereocenters. The van der Waals surface area contributed by atoms with E-state index < -0.39 is 0 Å². The molecule has 0 spiro atoms. The summed E-state index contributed by atoms with van der Waals surface area (Å²) >= 11 is 5.19. The van der Waals surface area contributed by atoms with Crippen LogP contribution in [0.1, 0.15) is 16.1 Å². The molecule has 0 saturated carbocycles. The normalized spacial score (nSPS) is 15.1. The smallest absolute Gasteiger partial charge is 0.255 e. The fraction of sp³-hybridized carbons (Fsp3) is 0.250. The number of amides is 1. The predicted molar refractivity (Wildman–Crippen MR) is 111 cm³/mol. The molecule has 27 heavy (non-hydrogen) atoms. The first-order valence-corrected chi connectivity index (χ1v) is 10.5. The fourth-order valence-electron chi connectivity index (χ4n) is 3.14. The molecule has 1 aliphatic heterocycles. The lowest BCUT2D eigenvalue weighted by Crippen LogP contribution is -2.48. The molecular formula is C20H19BrN4OS. The van der Waals surface area contributed by atoms with Gasteiger partial charge in [-0.25, -0.2) is 4.98 Å². The van der Waals surface area contributed by atoms with Crippen LogP contribution in [0.3, 0.4) is 0 Å². The van der Waals surface area contributed by atoms with Crippen molar-refractivity contribution in [3.8, 4) is 10.6 Å². The maximum atomic E-state index is 12.5. The Morgan fingerprint density at radius 3 is 2.74 bits per heavy atom. The van der Waals surface area contributed by atoms with Crippen LogP contribution in [0.4, 0.5) is 0 Å². The molecular weight excluding hydrogens is 424 g/mol. The van der Waals surface area contributed by atoms with Gasteiger partial charge < -0.3 is 4.90 Å². The van der Waals surface area contributed by atoms with Gasteiger partial charge in [-0.15, -0.1) is 11.3 Å². The van der Waals surface area contributed by atoms with Gasteiger partial charge in [0.15, 0.2) is 0 Å². The monoisotopic (exact) mass is 442 g/mol. The van der Waals surface area contributed by atoms with Gasteiger partial charge in [-0.1, -0.05) is 28.1 Å². The highest BCUT2D eigenvalue weighted by atomic mass is 79.9. The van der Waals surface area contributed by atoms with Crippen molar-refractivity contribution in [2.75, 3.05) is 26.2 Å². The van der Waals surface area contributed by atoms with Crippen molar-refractivity contribution >= 4 is 33.2 Å². The number of hydrogen-bond acceptors (Lipinski definition) is 5. The molecule has 5 nitrogen and oxygen atoms in total. The Morgan fingerprint density at radius 1 is 1.15 bits per heavy atom. The number of hydrogen-bond donors (Lipinski definition) is 0. The molecule has 0 atom stereocenters. The molecule has 1 aromatic carbocycles. The van der Waals surface area contributed by atoms with Crippen LogP contribution in [0.25, 0.3) is 10.6 Å². The lowest BCUT2D eigenvalue weighted by molar-refractivity contribution is 0.0627. The molecule has 0 radical (unpaired) electrons. The molecule has 1 fully saturated rings. The second kappa shape index (κ2) is 8.29. The van der Waals surface area contributed by atoms with Gasteiger partial charge in [0, 0.05) is 60.5 Å². The number of thiazole rings is 1. The van der Waals surface area contributed by atoms with E-state index in [1.165, 1.54) is 0 Å². The topological polar surface area (TPSA) is 49.3 Å². The second-order valence-electron chi connectivity index (χ2n) is 6.46. The van der Waals surface area contributed by atoms with E-state index >= 15 is 0 Å². The molecule has 0 aliphatic carbocycles. The summed E-state index contributed by atoms with van der Waals surface area (Å²) < 4.78 is 1.06. The molecule has 3 heterocycles. The highest BCUT2D eigenvalue weighted by Crippen LogP contribution is 2.26. The minimum absolute atomic E-state index is 0.0633. The summed E-state index contributed by atoms with van der Waals surface area (Å²) in [6, 6.07) is 11.8. The zero-order valence-electron chi connectivity index (χ0n) is 14.7. The summed E-state index contributed by atoms with van der Waals surface area (Å²) in [5, 5.41) is 3.17. The molecule has 0 N–H and O–H groups in total. The third-order valence-corrected chi connectivity index (χ3v) is 6.01. The van der Waals surface area contributed by atoms with E-state index in [9.17, 15) is 4.79 Å². The Bertz CT molecular complexity index is 922. The number of carbonyl (C=O) groups excluding carboxylic acids is 1. The summed E-state index contributed by atoms with van der Waals surface area (Å²) in [4.78, 5) is 25.6. The quantitative estimate of drug-likeness (QED) is 0.614. The van der Waals surface area contributed by atoms with Crippen LogP contribution in [0.15, 0.2) is 58.6 Å². The summed E-state index contributed by atoms with van der Waals surface area (Å²) in [6.45, 7) is 4.00. The lowest BCUT2D eigenvalue weighted by atomic mass is 10.2. The third-order valence-electron chi connectivity index (χ3n) is 4.58. The van der Waals surface area contributed by atoms with Gasteiger partial charge in [-0.2, -0.15) is 0 Å². The summed E-state index contributed by atoms with van der Waals surface area (Å²) in [6.07, 6.45) is 3.32. The molecule has 3 aromatic rings. The number of rotatable bonds is 4. The van der Waals surface area contributed by atoms with E-state index in [1.807, 2.05) is 23.1 Å². The molecule has 0 bridgehead atoms. The molecule has 138 valence electrons. The van der Waals surface area contributed by atoms with Crippen molar-refractivity contribution in [1.82, 2.24) is 19.8 Å². The van der Waals surface area contributed by atoms with Crippen LogP contribution < -0.4 is 0 Å². The number of benzene rings is 1. The van der Waals surface area contributed by atoms with Gasteiger partial charge in [-0.3, -0.25) is 14.7 Å². The van der Waals surface area contributed by atoms with Crippen molar-refractivity contribution < 1.29 is 4.79 Å². The van der Waals surface area contributed by atoms with E-state index in [2.05, 4.69) is 43.3 Å². The number of nitrogens with zero attached hydrogens (tertiary/aromatic N) is 4. The molecule has 2 aromatic heterocycles. The van der Waals surface area contributed by atoms with Gasteiger partial charge in [-0.05, 0) is 24.3 Å².